The fourth-order valence-electron chi connectivity index (χ4n) is 2.68. The van der Waals surface area contributed by atoms with E-state index in [-0.39, 0.29) is 12.1 Å². The summed E-state index contributed by atoms with van der Waals surface area (Å²) in [6.07, 6.45) is 1.69. The van der Waals surface area contributed by atoms with Crippen molar-refractivity contribution in [3.63, 3.8) is 0 Å². The number of rotatable bonds is 7. The van der Waals surface area contributed by atoms with Gasteiger partial charge in [0, 0.05) is 6.04 Å². The molecule has 1 fully saturated rings. The average molecular weight is 295 g/mol. The van der Waals surface area contributed by atoms with Crippen LogP contribution in [0.2, 0.25) is 0 Å². The second-order valence-electron chi connectivity index (χ2n) is 5.58. The van der Waals surface area contributed by atoms with E-state index in [4.69, 9.17) is 14.2 Å². The Balaban J connectivity index is 2.07. The van der Waals surface area contributed by atoms with Crippen molar-refractivity contribution < 1.29 is 19.3 Å². The van der Waals surface area contributed by atoms with E-state index in [1.807, 2.05) is 12.1 Å². The first kappa shape index (κ1) is 15.9. The molecule has 0 radical (unpaired) electrons. The number of methoxy groups -OCH3 is 3. The van der Waals surface area contributed by atoms with Gasteiger partial charge in [0.25, 0.3) is 0 Å². The number of nitrogens with one attached hydrogen (secondary N) is 1. The molecule has 1 aliphatic rings. The highest BCUT2D eigenvalue weighted by Crippen LogP contribution is 2.39. The molecule has 1 unspecified atom stereocenters. The number of benzene rings is 1. The molecule has 1 saturated carbocycles. The van der Waals surface area contributed by atoms with Crippen LogP contribution < -0.4 is 19.5 Å². The Morgan fingerprint density at radius 1 is 1.14 bits per heavy atom. The molecule has 0 saturated heterocycles. The molecular weight excluding hydrogens is 270 g/mol. The van der Waals surface area contributed by atoms with E-state index in [1.54, 1.807) is 21.3 Å². The van der Waals surface area contributed by atoms with Crippen LogP contribution in [-0.4, -0.2) is 39.1 Å². The first-order valence-electron chi connectivity index (χ1n) is 7.30. The van der Waals surface area contributed by atoms with Crippen molar-refractivity contribution in [2.24, 2.45) is 5.92 Å². The van der Waals surface area contributed by atoms with Crippen LogP contribution in [0.25, 0.3) is 0 Å². The van der Waals surface area contributed by atoms with Crippen molar-refractivity contribution in [1.82, 2.24) is 5.32 Å². The molecule has 2 rings (SSSR count). The van der Waals surface area contributed by atoms with Crippen LogP contribution in [0.3, 0.4) is 0 Å². The van der Waals surface area contributed by atoms with Crippen molar-refractivity contribution >= 4 is 0 Å². The largest absolute Gasteiger partial charge is 0.493 e. The molecule has 118 valence electrons. The molecule has 0 spiro atoms. The summed E-state index contributed by atoms with van der Waals surface area (Å²) >= 11 is 0. The van der Waals surface area contributed by atoms with Gasteiger partial charge in [0.15, 0.2) is 11.5 Å². The third-order valence-corrected chi connectivity index (χ3v) is 4.11. The summed E-state index contributed by atoms with van der Waals surface area (Å²) in [4.78, 5) is 0. The lowest BCUT2D eigenvalue weighted by molar-refractivity contribution is 0.0420. The summed E-state index contributed by atoms with van der Waals surface area (Å²) in [5, 5.41) is 12.8. The number of hydrogen-bond donors (Lipinski definition) is 2. The topological polar surface area (TPSA) is 60.0 Å². The Hall–Kier alpha value is -1.46. The van der Waals surface area contributed by atoms with Gasteiger partial charge in [-0.2, -0.15) is 0 Å². The van der Waals surface area contributed by atoms with Crippen LogP contribution in [0.5, 0.6) is 17.2 Å². The molecule has 0 aromatic heterocycles. The summed E-state index contributed by atoms with van der Waals surface area (Å²) in [7, 11) is 4.84. The SMILES string of the molecule is COc1cc(C(C)NCC2CC(O)C2)cc(OC)c1OC. The Morgan fingerprint density at radius 3 is 2.14 bits per heavy atom. The van der Waals surface area contributed by atoms with Gasteiger partial charge in [-0.25, -0.2) is 0 Å². The Kier molecular flexibility index (Phi) is 5.31. The van der Waals surface area contributed by atoms with Crippen molar-refractivity contribution in [3.8, 4) is 17.2 Å². The number of aliphatic hydroxyl groups is 1. The number of ether oxygens (including phenoxy) is 3. The van der Waals surface area contributed by atoms with Gasteiger partial charge >= 0.3 is 0 Å². The molecule has 21 heavy (non-hydrogen) atoms. The van der Waals surface area contributed by atoms with E-state index in [1.165, 1.54) is 0 Å². The minimum atomic E-state index is -0.103. The molecule has 5 nitrogen and oxygen atoms in total. The predicted molar refractivity (Wildman–Crippen MR) is 81.2 cm³/mol. The van der Waals surface area contributed by atoms with Crippen molar-refractivity contribution in [3.05, 3.63) is 17.7 Å². The van der Waals surface area contributed by atoms with Crippen LogP contribution in [0.15, 0.2) is 12.1 Å². The number of aliphatic hydroxyl groups excluding tert-OH is 1. The molecule has 1 aromatic carbocycles. The Bertz CT molecular complexity index is 446. The highest BCUT2D eigenvalue weighted by molar-refractivity contribution is 5.54. The highest BCUT2D eigenvalue weighted by Gasteiger charge is 2.27. The molecule has 5 heteroatoms. The van der Waals surface area contributed by atoms with Gasteiger partial charge in [0.2, 0.25) is 5.75 Å². The van der Waals surface area contributed by atoms with E-state index in [0.29, 0.717) is 23.2 Å². The van der Waals surface area contributed by atoms with Crippen molar-refractivity contribution in [2.75, 3.05) is 27.9 Å². The standard InChI is InChI=1S/C16H25NO4/c1-10(17-9-11-5-13(18)6-11)12-7-14(19-2)16(21-4)15(8-12)20-3/h7-8,10-11,13,17-18H,5-6,9H2,1-4H3. The highest BCUT2D eigenvalue weighted by atomic mass is 16.5. The van der Waals surface area contributed by atoms with Gasteiger partial charge in [0.05, 0.1) is 27.4 Å². The molecule has 2 N–H and O–H groups in total. The maximum absolute atomic E-state index is 9.32. The predicted octanol–water partition coefficient (Wildman–Crippen LogP) is 2.13. The Labute approximate surface area is 126 Å². The quantitative estimate of drug-likeness (QED) is 0.807. The lowest BCUT2D eigenvalue weighted by Gasteiger charge is -2.32. The van der Waals surface area contributed by atoms with Gasteiger partial charge in [-0.05, 0) is 49.9 Å². The number of hydrogen-bond acceptors (Lipinski definition) is 5. The molecule has 0 heterocycles. The zero-order chi connectivity index (χ0) is 15.4. The van der Waals surface area contributed by atoms with Crippen LogP contribution in [0.4, 0.5) is 0 Å². The summed E-state index contributed by atoms with van der Waals surface area (Å²) in [6, 6.07) is 4.11. The van der Waals surface area contributed by atoms with Crippen LogP contribution in [0.1, 0.15) is 31.4 Å². The summed E-state index contributed by atoms with van der Waals surface area (Å²) in [5.41, 5.74) is 1.09. The minimum absolute atomic E-state index is 0.103. The lowest BCUT2D eigenvalue weighted by Crippen LogP contribution is -2.37. The third kappa shape index (κ3) is 3.60. The summed E-state index contributed by atoms with van der Waals surface area (Å²) < 4.78 is 16.1. The zero-order valence-corrected chi connectivity index (χ0v) is 13.2. The molecule has 1 aliphatic carbocycles. The van der Waals surface area contributed by atoms with Crippen LogP contribution in [-0.2, 0) is 0 Å². The minimum Gasteiger partial charge on any atom is -0.493 e. The van der Waals surface area contributed by atoms with Crippen molar-refractivity contribution in [1.29, 1.82) is 0 Å². The van der Waals surface area contributed by atoms with E-state index < -0.39 is 0 Å². The molecule has 0 bridgehead atoms. The van der Waals surface area contributed by atoms with Crippen LogP contribution in [0, 0.1) is 5.92 Å². The van der Waals surface area contributed by atoms with Crippen molar-refractivity contribution in [2.45, 2.75) is 31.9 Å². The lowest BCUT2D eigenvalue weighted by atomic mass is 9.82. The molecule has 0 amide bonds. The summed E-state index contributed by atoms with van der Waals surface area (Å²) in [6.45, 7) is 3.02. The second-order valence-corrected chi connectivity index (χ2v) is 5.58. The first-order chi connectivity index (χ1) is 10.1. The van der Waals surface area contributed by atoms with Gasteiger partial charge < -0.3 is 24.6 Å². The van der Waals surface area contributed by atoms with E-state index in [2.05, 4.69) is 12.2 Å². The molecular formula is C16H25NO4. The molecule has 0 aliphatic heterocycles. The first-order valence-corrected chi connectivity index (χ1v) is 7.30. The van der Waals surface area contributed by atoms with E-state index in [9.17, 15) is 5.11 Å². The Morgan fingerprint density at radius 2 is 1.71 bits per heavy atom. The van der Waals surface area contributed by atoms with Gasteiger partial charge in [-0.15, -0.1) is 0 Å². The second kappa shape index (κ2) is 7.00. The third-order valence-electron chi connectivity index (χ3n) is 4.11. The van der Waals surface area contributed by atoms with Gasteiger partial charge in [-0.3, -0.25) is 0 Å². The van der Waals surface area contributed by atoms with Gasteiger partial charge in [0.1, 0.15) is 0 Å². The molecule has 1 atom stereocenters. The zero-order valence-electron chi connectivity index (χ0n) is 13.2. The van der Waals surface area contributed by atoms with Gasteiger partial charge in [-0.1, -0.05) is 0 Å². The summed E-state index contributed by atoms with van der Waals surface area (Å²) in [5.74, 6) is 2.52. The van der Waals surface area contributed by atoms with E-state index in [0.717, 1.165) is 24.9 Å². The van der Waals surface area contributed by atoms with Crippen LogP contribution >= 0.6 is 0 Å². The monoisotopic (exact) mass is 295 g/mol. The van der Waals surface area contributed by atoms with E-state index >= 15 is 0 Å². The smallest absolute Gasteiger partial charge is 0.203 e. The maximum atomic E-state index is 9.32. The maximum Gasteiger partial charge on any atom is 0.203 e. The molecule has 1 aromatic rings. The normalized spacial score (nSPS) is 22.3. The fourth-order valence-corrected chi connectivity index (χ4v) is 2.68. The average Bonchev–Trinajstić information content (AvgIpc) is 2.48. The fraction of sp³-hybridized carbons (Fsp3) is 0.625.